The Labute approximate surface area is 116 Å². The lowest BCUT2D eigenvalue weighted by Crippen LogP contribution is -2.57. The monoisotopic (exact) mass is 259 g/mol. The molecule has 1 aromatic carbocycles. The standard InChI is InChI=1S/C17H25NO/c1-13(2)14-3-5-15(6-4-14)17(18)11-16(12-17)7-9-19-10-8-16/h3-6,13H,7-12,18H2,1-2H3. The van der Waals surface area contributed by atoms with Gasteiger partial charge in [0.25, 0.3) is 0 Å². The van der Waals surface area contributed by atoms with Crippen LogP contribution in [0.4, 0.5) is 0 Å². The molecule has 19 heavy (non-hydrogen) atoms. The van der Waals surface area contributed by atoms with Crippen LogP contribution >= 0.6 is 0 Å². The summed E-state index contributed by atoms with van der Waals surface area (Å²) in [5.41, 5.74) is 9.71. The SMILES string of the molecule is CC(C)c1ccc(C2(N)CC3(CCOCC3)C2)cc1. The molecule has 0 bridgehead atoms. The van der Waals surface area contributed by atoms with Crippen LogP contribution in [0.3, 0.4) is 0 Å². The molecule has 2 fully saturated rings. The molecule has 1 heterocycles. The summed E-state index contributed by atoms with van der Waals surface area (Å²) in [6.45, 7) is 6.30. The largest absolute Gasteiger partial charge is 0.381 e. The minimum Gasteiger partial charge on any atom is -0.381 e. The van der Waals surface area contributed by atoms with Crippen LogP contribution in [0.25, 0.3) is 0 Å². The lowest BCUT2D eigenvalue weighted by molar-refractivity contribution is -0.0725. The summed E-state index contributed by atoms with van der Waals surface area (Å²) in [6, 6.07) is 8.95. The molecule has 2 aliphatic rings. The topological polar surface area (TPSA) is 35.2 Å². The van der Waals surface area contributed by atoms with Gasteiger partial charge in [0.15, 0.2) is 0 Å². The van der Waals surface area contributed by atoms with E-state index in [0.29, 0.717) is 11.3 Å². The first kappa shape index (κ1) is 13.1. The van der Waals surface area contributed by atoms with Gasteiger partial charge in [-0.2, -0.15) is 0 Å². The minimum atomic E-state index is -0.0904. The Bertz CT molecular complexity index is 435. The fourth-order valence-corrected chi connectivity index (χ4v) is 3.85. The van der Waals surface area contributed by atoms with E-state index in [1.54, 1.807) is 0 Å². The fourth-order valence-electron chi connectivity index (χ4n) is 3.85. The Morgan fingerprint density at radius 2 is 1.63 bits per heavy atom. The van der Waals surface area contributed by atoms with Crippen molar-refractivity contribution in [2.24, 2.45) is 11.1 Å². The average molecular weight is 259 g/mol. The van der Waals surface area contributed by atoms with Crippen LogP contribution < -0.4 is 5.73 Å². The van der Waals surface area contributed by atoms with Crippen molar-refractivity contribution in [3.05, 3.63) is 35.4 Å². The quantitative estimate of drug-likeness (QED) is 0.881. The first-order valence-corrected chi connectivity index (χ1v) is 7.50. The van der Waals surface area contributed by atoms with E-state index in [9.17, 15) is 0 Å². The van der Waals surface area contributed by atoms with Crippen LogP contribution in [0, 0.1) is 5.41 Å². The fraction of sp³-hybridized carbons (Fsp3) is 0.647. The second-order valence-corrected chi connectivity index (χ2v) is 6.90. The van der Waals surface area contributed by atoms with Gasteiger partial charge in [-0.15, -0.1) is 0 Å². The normalized spacial score (nSPS) is 24.4. The highest BCUT2D eigenvalue weighted by molar-refractivity contribution is 5.33. The zero-order valence-electron chi connectivity index (χ0n) is 12.1. The molecular formula is C17H25NO. The second-order valence-electron chi connectivity index (χ2n) is 6.90. The molecule has 1 saturated heterocycles. The first-order valence-electron chi connectivity index (χ1n) is 7.50. The number of rotatable bonds is 2. The van der Waals surface area contributed by atoms with Crippen LogP contribution in [-0.2, 0) is 10.3 Å². The summed E-state index contributed by atoms with van der Waals surface area (Å²) in [5, 5.41) is 0. The van der Waals surface area contributed by atoms with Crippen molar-refractivity contribution in [3.8, 4) is 0 Å². The first-order chi connectivity index (χ1) is 9.03. The lowest BCUT2D eigenvalue weighted by Gasteiger charge is -2.56. The maximum absolute atomic E-state index is 6.62. The smallest absolute Gasteiger partial charge is 0.0471 e. The Morgan fingerprint density at radius 1 is 1.05 bits per heavy atom. The van der Waals surface area contributed by atoms with E-state index in [2.05, 4.69) is 38.1 Å². The van der Waals surface area contributed by atoms with E-state index in [1.807, 2.05) is 0 Å². The molecule has 1 aromatic rings. The lowest BCUT2D eigenvalue weighted by atomic mass is 9.52. The molecule has 104 valence electrons. The van der Waals surface area contributed by atoms with E-state index in [-0.39, 0.29) is 5.54 Å². The third kappa shape index (κ3) is 2.32. The molecule has 2 heteroatoms. The summed E-state index contributed by atoms with van der Waals surface area (Å²) >= 11 is 0. The Morgan fingerprint density at radius 3 is 2.16 bits per heavy atom. The zero-order valence-corrected chi connectivity index (χ0v) is 12.1. The number of hydrogen-bond donors (Lipinski definition) is 1. The van der Waals surface area contributed by atoms with E-state index in [1.165, 1.54) is 24.0 Å². The maximum Gasteiger partial charge on any atom is 0.0471 e. The summed E-state index contributed by atoms with van der Waals surface area (Å²) in [6.07, 6.45) is 4.64. The highest BCUT2D eigenvalue weighted by Crippen LogP contribution is 2.57. The molecule has 3 rings (SSSR count). The number of hydrogen-bond acceptors (Lipinski definition) is 2. The van der Waals surface area contributed by atoms with E-state index >= 15 is 0 Å². The molecular weight excluding hydrogens is 234 g/mol. The molecule has 1 spiro atoms. The Kier molecular flexibility index (Phi) is 3.18. The summed E-state index contributed by atoms with van der Waals surface area (Å²) in [5.74, 6) is 0.589. The third-order valence-electron chi connectivity index (χ3n) is 5.09. The van der Waals surface area contributed by atoms with Crippen molar-refractivity contribution in [2.45, 2.75) is 51.0 Å². The molecule has 2 N–H and O–H groups in total. The van der Waals surface area contributed by atoms with Crippen LogP contribution in [0.15, 0.2) is 24.3 Å². The predicted molar refractivity (Wildman–Crippen MR) is 78.1 cm³/mol. The van der Waals surface area contributed by atoms with Gasteiger partial charge in [-0.05, 0) is 48.1 Å². The van der Waals surface area contributed by atoms with E-state index in [4.69, 9.17) is 10.5 Å². The van der Waals surface area contributed by atoms with Gasteiger partial charge in [0, 0.05) is 18.8 Å². The number of benzene rings is 1. The third-order valence-corrected chi connectivity index (χ3v) is 5.09. The van der Waals surface area contributed by atoms with Crippen molar-refractivity contribution in [1.82, 2.24) is 0 Å². The van der Waals surface area contributed by atoms with Gasteiger partial charge in [-0.1, -0.05) is 38.1 Å². The minimum absolute atomic E-state index is 0.0904. The van der Waals surface area contributed by atoms with Crippen LogP contribution in [0.2, 0.25) is 0 Å². The molecule has 1 saturated carbocycles. The summed E-state index contributed by atoms with van der Waals surface area (Å²) < 4.78 is 5.48. The molecule has 0 radical (unpaired) electrons. The van der Waals surface area contributed by atoms with E-state index in [0.717, 1.165) is 26.1 Å². The predicted octanol–water partition coefficient (Wildman–Crippen LogP) is 3.55. The number of ether oxygens (including phenoxy) is 1. The van der Waals surface area contributed by atoms with Gasteiger partial charge in [0.2, 0.25) is 0 Å². The van der Waals surface area contributed by atoms with Gasteiger partial charge in [-0.3, -0.25) is 0 Å². The molecule has 0 amide bonds. The van der Waals surface area contributed by atoms with Crippen LogP contribution in [0.5, 0.6) is 0 Å². The highest BCUT2D eigenvalue weighted by Gasteiger charge is 2.53. The second kappa shape index (κ2) is 4.60. The molecule has 0 aromatic heterocycles. The van der Waals surface area contributed by atoms with Crippen molar-refractivity contribution in [2.75, 3.05) is 13.2 Å². The van der Waals surface area contributed by atoms with Gasteiger partial charge in [0.1, 0.15) is 0 Å². The molecule has 0 atom stereocenters. The maximum atomic E-state index is 6.62. The van der Waals surface area contributed by atoms with Crippen molar-refractivity contribution in [3.63, 3.8) is 0 Å². The van der Waals surface area contributed by atoms with Crippen molar-refractivity contribution < 1.29 is 4.74 Å². The Hall–Kier alpha value is -0.860. The average Bonchev–Trinajstić information content (AvgIpc) is 2.38. The molecule has 2 nitrogen and oxygen atoms in total. The van der Waals surface area contributed by atoms with Gasteiger partial charge in [-0.25, -0.2) is 0 Å². The van der Waals surface area contributed by atoms with Gasteiger partial charge >= 0.3 is 0 Å². The summed E-state index contributed by atoms with van der Waals surface area (Å²) in [4.78, 5) is 0. The number of nitrogens with two attached hydrogens (primary N) is 1. The summed E-state index contributed by atoms with van der Waals surface area (Å²) in [7, 11) is 0. The highest BCUT2D eigenvalue weighted by atomic mass is 16.5. The Balaban J connectivity index is 1.72. The van der Waals surface area contributed by atoms with Crippen LogP contribution in [-0.4, -0.2) is 13.2 Å². The zero-order chi connectivity index (χ0) is 13.5. The van der Waals surface area contributed by atoms with E-state index < -0.39 is 0 Å². The van der Waals surface area contributed by atoms with Crippen molar-refractivity contribution >= 4 is 0 Å². The molecule has 1 aliphatic heterocycles. The van der Waals surface area contributed by atoms with Crippen molar-refractivity contribution in [1.29, 1.82) is 0 Å². The molecule has 0 unspecified atom stereocenters. The van der Waals surface area contributed by atoms with Crippen LogP contribution in [0.1, 0.15) is 56.6 Å². The molecule has 1 aliphatic carbocycles. The van der Waals surface area contributed by atoms with Gasteiger partial charge < -0.3 is 10.5 Å². The van der Waals surface area contributed by atoms with Gasteiger partial charge in [0.05, 0.1) is 0 Å².